The molecule has 1 N–H and O–H groups in total. The lowest BCUT2D eigenvalue weighted by Crippen LogP contribution is -2.50. The molecular weight excluding hydrogens is 266 g/mol. The number of ether oxygens (including phenoxy) is 2. The van der Waals surface area contributed by atoms with Gasteiger partial charge in [0.15, 0.2) is 0 Å². The Morgan fingerprint density at radius 3 is 1.40 bits per heavy atom. The molecule has 0 unspecified atom stereocenters. The Bertz CT molecular complexity index is 363. The van der Waals surface area contributed by atoms with Crippen molar-refractivity contribution in [3.05, 3.63) is 0 Å². The molecule has 0 aromatic rings. The molecule has 0 aliphatic rings. The first kappa shape index (κ1) is 18.2. The summed E-state index contributed by atoms with van der Waals surface area (Å²) >= 11 is 0. The van der Waals surface area contributed by atoms with Crippen LogP contribution in [0.5, 0.6) is 0 Å². The first-order valence-electron chi connectivity index (χ1n) is 6.22. The van der Waals surface area contributed by atoms with Crippen LogP contribution in [0.25, 0.3) is 0 Å². The summed E-state index contributed by atoms with van der Waals surface area (Å²) in [5.74, 6) is -1.33. The van der Waals surface area contributed by atoms with Gasteiger partial charge in [-0.15, -0.1) is 0 Å². The van der Waals surface area contributed by atoms with E-state index in [1.54, 1.807) is 41.5 Å². The zero-order valence-electron chi connectivity index (χ0n) is 13.0. The molecule has 0 fully saturated rings. The maximum Gasteiger partial charge on any atom is 0.420 e. The second-order valence-electron chi connectivity index (χ2n) is 6.34. The minimum Gasteiger partial charge on any atom is -0.480 e. The molecule has 0 aromatic heterocycles. The molecule has 0 heterocycles. The van der Waals surface area contributed by atoms with Crippen LogP contribution in [0.15, 0.2) is 0 Å². The van der Waals surface area contributed by atoms with Gasteiger partial charge in [-0.25, -0.2) is 14.4 Å². The van der Waals surface area contributed by atoms with Crippen LogP contribution in [0.3, 0.4) is 0 Å². The van der Waals surface area contributed by atoms with Gasteiger partial charge in [-0.3, -0.25) is 0 Å². The molecule has 2 amide bonds. The van der Waals surface area contributed by atoms with Crippen molar-refractivity contribution < 1.29 is 29.0 Å². The van der Waals surface area contributed by atoms with E-state index >= 15 is 0 Å². The zero-order chi connectivity index (χ0) is 16.3. The molecule has 0 bridgehead atoms. The van der Waals surface area contributed by atoms with Crippen molar-refractivity contribution in [2.24, 2.45) is 0 Å². The smallest absolute Gasteiger partial charge is 0.420 e. The van der Waals surface area contributed by atoms with Gasteiger partial charge in [-0.05, 0) is 48.5 Å². The van der Waals surface area contributed by atoms with Crippen LogP contribution in [0, 0.1) is 0 Å². The third kappa shape index (κ3) is 6.40. The minimum absolute atomic E-state index is 0.457. The number of amides is 2. The molecule has 0 saturated heterocycles. The summed E-state index contributed by atoms with van der Waals surface area (Å²) in [5, 5.41) is 8.99. The average molecular weight is 289 g/mol. The maximum atomic E-state index is 12.0. The SMILES string of the molecule is C[C@@H](C(=O)O)N(C(=O)OC(C)(C)C)C(=O)OC(C)(C)C. The van der Waals surface area contributed by atoms with Gasteiger partial charge in [0.05, 0.1) is 0 Å². The number of nitrogens with zero attached hydrogens (tertiary/aromatic N) is 1. The lowest BCUT2D eigenvalue weighted by molar-refractivity contribution is -0.142. The highest BCUT2D eigenvalue weighted by Crippen LogP contribution is 2.16. The number of hydrogen-bond donors (Lipinski definition) is 1. The number of aliphatic carboxylic acids is 1. The van der Waals surface area contributed by atoms with Gasteiger partial charge in [0.2, 0.25) is 0 Å². The van der Waals surface area contributed by atoms with Crippen LogP contribution < -0.4 is 0 Å². The average Bonchev–Trinajstić information content (AvgIpc) is 2.10. The topological polar surface area (TPSA) is 93.1 Å². The van der Waals surface area contributed by atoms with Gasteiger partial charge in [0.1, 0.15) is 17.2 Å². The Hall–Kier alpha value is -1.79. The van der Waals surface area contributed by atoms with Crippen LogP contribution in [-0.2, 0) is 14.3 Å². The van der Waals surface area contributed by atoms with Crippen molar-refractivity contribution in [2.45, 2.75) is 65.7 Å². The van der Waals surface area contributed by atoms with Crippen molar-refractivity contribution in [1.29, 1.82) is 0 Å². The number of carboxylic acid groups (broad SMARTS) is 1. The molecule has 7 nitrogen and oxygen atoms in total. The number of carbonyl (C=O) groups excluding carboxylic acids is 2. The molecule has 0 rings (SSSR count). The predicted octanol–water partition coefficient (Wildman–Crippen LogP) is 2.63. The lowest BCUT2D eigenvalue weighted by Gasteiger charge is -2.30. The van der Waals surface area contributed by atoms with Crippen LogP contribution in [0.1, 0.15) is 48.5 Å². The summed E-state index contributed by atoms with van der Waals surface area (Å²) in [4.78, 5) is 35.4. The van der Waals surface area contributed by atoms with E-state index < -0.39 is 35.4 Å². The number of carbonyl (C=O) groups is 3. The van der Waals surface area contributed by atoms with E-state index in [1.165, 1.54) is 6.92 Å². The summed E-state index contributed by atoms with van der Waals surface area (Å²) in [6.07, 6.45) is -2.11. The van der Waals surface area contributed by atoms with Crippen molar-refractivity contribution in [3.8, 4) is 0 Å². The quantitative estimate of drug-likeness (QED) is 0.840. The first-order valence-corrected chi connectivity index (χ1v) is 6.22. The highest BCUT2D eigenvalue weighted by molar-refractivity contribution is 5.93. The van der Waals surface area contributed by atoms with Gasteiger partial charge in [-0.2, -0.15) is 4.90 Å². The van der Waals surface area contributed by atoms with E-state index in [4.69, 9.17) is 14.6 Å². The molecule has 0 spiro atoms. The molecule has 0 saturated carbocycles. The summed E-state index contributed by atoms with van der Waals surface area (Å²) in [5.41, 5.74) is -1.70. The number of rotatable bonds is 2. The van der Waals surface area contributed by atoms with Crippen LogP contribution in [0.2, 0.25) is 0 Å². The van der Waals surface area contributed by atoms with E-state index in [0.717, 1.165) is 0 Å². The Morgan fingerprint density at radius 2 is 1.20 bits per heavy atom. The highest BCUT2D eigenvalue weighted by atomic mass is 16.6. The van der Waals surface area contributed by atoms with E-state index in [-0.39, 0.29) is 0 Å². The molecule has 7 heteroatoms. The predicted molar refractivity (Wildman–Crippen MR) is 71.4 cm³/mol. The van der Waals surface area contributed by atoms with Gasteiger partial charge >= 0.3 is 18.2 Å². The molecule has 0 aromatic carbocycles. The fraction of sp³-hybridized carbons (Fsp3) is 0.769. The lowest BCUT2D eigenvalue weighted by atomic mass is 10.2. The minimum atomic E-state index is -1.39. The van der Waals surface area contributed by atoms with Crippen molar-refractivity contribution >= 4 is 18.2 Å². The van der Waals surface area contributed by atoms with Gasteiger partial charge in [-0.1, -0.05) is 0 Å². The first-order chi connectivity index (χ1) is 8.74. The standard InChI is InChI=1S/C13H23NO6/c1-8(9(15)16)14(10(17)19-12(2,3)4)11(18)20-13(5,6)7/h8H,1-7H3,(H,15,16)/t8-/m0/s1. The molecule has 1 atom stereocenters. The normalized spacial score (nSPS) is 13.3. The molecular formula is C13H23NO6. The van der Waals surface area contributed by atoms with Gasteiger partial charge in [0, 0.05) is 0 Å². The zero-order valence-corrected chi connectivity index (χ0v) is 13.0. The fourth-order valence-corrected chi connectivity index (χ4v) is 1.12. The van der Waals surface area contributed by atoms with Crippen molar-refractivity contribution in [3.63, 3.8) is 0 Å². The number of hydrogen-bond acceptors (Lipinski definition) is 5. The van der Waals surface area contributed by atoms with E-state index in [2.05, 4.69) is 0 Å². The van der Waals surface area contributed by atoms with Gasteiger partial charge < -0.3 is 14.6 Å². The fourth-order valence-electron chi connectivity index (χ4n) is 1.12. The van der Waals surface area contributed by atoms with Crippen molar-refractivity contribution in [1.82, 2.24) is 4.90 Å². The molecule has 0 aliphatic heterocycles. The monoisotopic (exact) mass is 289 g/mol. The van der Waals surface area contributed by atoms with Crippen molar-refractivity contribution in [2.75, 3.05) is 0 Å². The van der Waals surface area contributed by atoms with Crippen LogP contribution in [-0.4, -0.2) is 45.4 Å². The van der Waals surface area contributed by atoms with Crippen LogP contribution in [0.4, 0.5) is 9.59 Å². The number of imide groups is 1. The molecule has 0 aliphatic carbocycles. The Morgan fingerprint density at radius 1 is 0.900 bits per heavy atom. The van der Waals surface area contributed by atoms with E-state index in [0.29, 0.717) is 4.90 Å². The third-order valence-corrected chi connectivity index (χ3v) is 1.93. The Kier molecular flexibility index (Phi) is 5.56. The second-order valence-corrected chi connectivity index (χ2v) is 6.34. The third-order valence-electron chi connectivity index (χ3n) is 1.93. The number of carboxylic acids is 1. The Labute approximate surface area is 118 Å². The van der Waals surface area contributed by atoms with E-state index in [9.17, 15) is 14.4 Å². The molecule has 0 radical (unpaired) electrons. The Balaban J connectivity index is 5.24. The summed E-state index contributed by atoms with van der Waals surface area (Å²) < 4.78 is 10.1. The summed E-state index contributed by atoms with van der Waals surface area (Å²) in [7, 11) is 0. The summed E-state index contributed by atoms with van der Waals surface area (Å²) in [6, 6.07) is -1.39. The second kappa shape index (κ2) is 6.11. The molecule has 20 heavy (non-hydrogen) atoms. The highest BCUT2D eigenvalue weighted by Gasteiger charge is 2.37. The van der Waals surface area contributed by atoms with E-state index in [1.807, 2.05) is 0 Å². The van der Waals surface area contributed by atoms with Crippen LogP contribution >= 0.6 is 0 Å². The maximum absolute atomic E-state index is 12.0. The van der Waals surface area contributed by atoms with Gasteiger partial charge in [0.25, 0.3) is 0 Å². The molecule has 116 valence electrons. The summed E-state index contributed by atoms with van der Waals surface area (Å²) in [6.45, 7) is 10.9. The largest absolute Gasteiger partial charge is 0.480 e.